The number of rotatable bonds is 7. The second-order valence-electron chi connectivity index (χ2n) is 5.55. The second-order valence-corrected chi connectivity index (χ2v) is 5.55. The summed E-state index contributed by atoms with van der Waals surface area (Å²) in [5.41, 5.74) is 1.25. The summed E-state index contributed by atoms with van der Waals surface area (Å²) >= 11 is 0. The minimum Gasteiger partial charge on any atom is -0.487 e. The van der Waals surface area contributed by atoms with E-state index in [1.165, 1.54) is 22.8 Å². The molecule has 2 heterocycles. The summed E-state index contributed by atoms with van der Waals surface area (Å²) in [5.74, 6) is 0.567. The monoisotopic (exact) mass is 343 g/mol. The summed E-state index contributed by atoms with van der Waals surface area (Å²) in [6.45, 7) is 2.57. The third-order valence-corrected chi connectivity index (χ3v) is 3.55. The van der Waals surface area contributed by atoms with E-state index in [1.54, 1.807) is 18.3 Å². The topological polar surface area (TPSA) is 80.5 Å². The van der Waals surface area contributed by atoms with E-state index in [2.05, 4.69) is 20.7 Å². The van der Waals surface area contributed by atoms with Crippen molar-refractivity contribution in [1.82, 2.24) is 19.9 Å². The van der Waals surface area contributed by atoms with E-state index < -0.39 is 5.82 Å². The zero-order chi connectivity index (χ0) is 17.8. The quantitative estimate of drug-likeness (QED) is 0.641. The Kier molecular flexibility index (Phi) is 4.90. The highest BCUT2D eigenvalue weighted by atomic mass is 19.1. The molecule has 7 nitrogen and oxygen atoms in total. The fourth-order valence-corrected chi connectivity index (χ4v) is 2.43. The number of anilines is 2. The third-order valence-electron chi connectivity index (χ3n) is 3.55. The van der Waals surface area contributed by atoms with Gasteiger partial charge in [-0.3, -0.25) is 4.79 Å². The Morgan fingerprint density at radius 1 is 1.40 bits per heavy atom. The second kappa shape index (κ2) is 7.27. The Balaban J connectivity index is 1.91. The van der Waals surface area contributed by atoms with E-state index in [-0.39, 0.29) is 6.10 Å². The van der Waals surface area contributed by atoms with Crippen molar-refractivity contribution in [2.45, 2.75) is 13.0 Å². The van der Waals surface area contributed by atoms with Crippen molar-refractivity contribution >= 4 is 23.4 Å². The predicted octanol–water partition coefficient (Wildman–Crippen LogP) is 2.41. The van der Waals surface area contributed by atoms with E-state index in [0.717, 1.165) is 0 Å². The molecule has 1 unspecified atom stereocenters. The average Bonchev–Trinajstić information content (AvgIpc) is 3.00. The van der Waals surface area contributed by atoms with Crippen LogP contribution in [0.2, 0.25) is 0 Å². The number of hydrogen-bond acceptors (Lipinski definition) is 6. The number of hydrogen-bond donors (Lipinski definition) is 2. The van der Waals surface area contributed by atoms with Crippen molar-refractivity contribution in [1.29, 1.82) is 0 Å². The minimum absolute atomic E-state index is 0.0945. The van der Waals surface area contributed by atoms with Gasteiger partial charge in [-0.1, -0.05) is 0 Å². The summed E-state index contributed by atoms with van der Waals surface area (Å²) in [7, 11) is 1.83. The highest BCUT2D eigenvalue weighted by Crippen LogP contribution is 2.29. The number of nitrogens with one attached hydrogen (secondary N) is 2. The molecule has 0 aliphatic carbocycles. The summed E-state index contributed by atoms with van der Waals surface area (Å²) in [4.78, 5) is 15.4. The number of benzene rings is 1. The Labute approximate surface area is 143 Å². The molecule has 2 N–H and O–H groups in total. The summed E-state index contributed by atoms with van der Waals surface area (Å²) < 4.78 is 21.0. The lowest BCUT2D eigenvalue weighted by Crippen LogP contribution is -2.26. The van der Waals surface area contributed by atoms with Gasteiger partial charge in [0.2, 0.25) is 0 Å². The molecule has 0 fully saturated rings. The van der Waals surface area contributed by atoms with E-state index >= 15 is 0 Å². The summed E-state index contributed by atoms with van der Waals surface area (Å²) in [5, 5.41) is 10.1. The van der Waals surface area contributed by atoms with Gasteiger partial charge in [0.15, 0.2) is 11.9 Å². The standard InChI is InChI=1S/C17H18FN5O2/c1-11(8-19-2)25-15-4-3-13(18)7-14(15)21-16-5-6-23-17(22-16)12(10-24)9-20-23/h3-7,9-11,19H,8H2,1-2H3,(H,21,22). The number of nitrogens with zero attached hydrogens (tertiary/aromatic N) is 3. The van der Waals surface area contributed by atoms with Crippen LogP contribution in [0.15, 0.2) is 36.7 Å². The van der Waals surface area contributed by atoms with Gasteiger partial charge in [0.05, 0.1) is 17.4 Å². The first-order valence-corrected chi connectivity index (χ1v) is 7.78. The maximum Gasteiger partial charge on any atom is 0.167 e. The lowest BCUT2D eigenvalue weighted by atomic mass is 10.2. The van der Waals surface area contributed by atoms with Gasteiger partial charge in [0.1, 0.15) is 23.5 Å². The molecule has 0 amide bonds. The predicted molar refractivity (Wildman–Crippen MR) is 92.1 cm³/mol. The highest BCUT2D eigenvalue weighted by Gasteiger charge is 2.12. The molecule has 0 aliphatic heterocycles. The molecule has 3 rings (SSSR count). The van der Waals surface area contributed by atoms with Gasteiger partial charge in [-0.15, -0.1) is 0 Å². The van der Waals surface area contributed by atoms with Crippen molar-refractivity contribution in [3.05, 3.63) is 48.0 Å². The number of carbonyl (C=O) groups is 1. The smallest absolute Gasteiger partial charge is 0.167 e. The van der Waals surface area contributed by atoms with Gasteiger partial charge in [-0.2, -0.15) is 5.10 Å². The SMILES string of the molecule is CNCC(C)Oc1ccc(F)cc1Nc1ccn2ncc(C=O)c2n1. The zero-order valence-electron chi connectivity index (χ0n) is 13.9. The van der Waals surface area contributed by atoms with Gasteiger partial charge in [0.25, 0.3) is 0 Å². The largest absolute Gasteiger partial charge is 0.487 e. The molecule has 2 aromatic heterocycles. The van der Waals surface area contributed by atoms with Crippen LogP contribution in [-0.2, 0) is 0 Å². The normalized spacial score (nSPS) is 12.1. The Morgan fingerprint density at radius 3 is 3.00 bits per heavy atom. The molecule has 0 saturated carbocycles. The lowest BCUT2D eigenvalue weighted by molar-refractivity contribution is 0.112. The number of fused-ring (bicyclic) bond motifs is 1. The molecule has 130 valence electrons. The molecule has 25 heavy (non-hydrogen) atoms. The number of halogens is 1. The molecule has 3 aromatic rings. The molecule has 0 bridgehead atoms. The molecule has 0 saturated heterocycles. The maximum atomic E-state index is 13.7. The number of ether oxygens (including phenoxy) is 1. The molecule has 0 spiro atoms. The number of likely N-dealkylation sites (N-methyl/N-ethyl adjacent to an activating group) is 1. The fourth-order valence-electron chi connectivity index (χ4n) is 2.43. The van der Waals surface area contributed by atoms with Crippen LogP contribution in [0.25, 0.3) is 5.65 Å². The van der Waals surface area contributed by atoms with Crippen LogP contribution in [0.1, 0.15) is 17.3 Å². The molecule has 0 aliphatic rings. The maximum absolute atomic E-state index is 13.7. The number of aromatic nitrogens is 3. The summed E-state index contributed by atoms with van der Waals surface area (Å²) in [6.07, 6.45) is 3.70. The van der Waals surface area contributed by atoms with Crippen LogP contribution < -0.4 is 15.4 Å². The lowest BCUT2D eigenvalue weighted by Gasteiger charge is -2.18. The minimum atomic E-state index is -0.393. The average molecular weight is 343 g/mol. The Hall–Kier alpha value is -3.00. The molecule has 8 heteroatoms. The van der Waals surface area contributed by atoms with Crippen LogP contribution >= 0.6 is 0 Å². The van der Waals surface area contributed by atoms with Crippen molar-refractivity contribution in [3.8, 4) is 5.75 Å². The molecule has 1 aromatic carbocycles. The van der Waals surface area contributed by atoms with Gasteiger partial charge < -0.3 is 15.4 Å². The van der Waals surface area contributed by atoms with Gasteiger partial charge in [-0.05, 0) is 32.2 Å². The molecular formula is C17H18FN5O2. The van der Waals surface area contributed by atoms with E-state index in [4.69, 9.17) is 4.74 Å². The van der Waals surface area contributed by atoms with Crippen molar-refractivity contribution < 1.29 is 13.9 Å². The van der Waals surface area contributed by atoms with Crippen LogP contribution in [0.4, 0.5) is 15.9 Å². The van der Waals surface area contributed by atoms with Crippen LogP contribution in [-0.4, -0.2) is 40.6 Å². The van der Waals surface area contributed by atoms with Crippen LogP contribution in [0, 0.1) is 5.82 Å². The Bertz CT molecular complexity index is 896. The van der Waals surface area contributed by atoms with E-state index in [0.29, 0.717) is 41.3 Å². The number of aldehydes is 1. The van der Waals surface area contributed by atoms with Crippen molar-refractivity contribution in [2.24, 2.45) is 0 Å². The first-order chi connectivity index (χ1) is 12.1. The molecule has 1 atom stereocenters. The fraction of sp³-hybridized carbons (Fsp3) is 0.235. The zero-order valence-corrected chi connectivity index (χ0v) is 13.9. The van der Waals surface area contributed by atoms with Gasteiger partial charge in [-0.25, -0.2) is 13.9 Å². The highest BCUT2D eigenvalue weighted by molar-refractivity contribution is 5.84. The molecule has 0 radical (unpaired) electrons. The third kappa shape index (κ3) is 3.74. The van der Waals surface area contributed by atoms with Crippen LogP contribution in [0.3, 0.4) is 0 Å². The van der Waals surface area contributed by atoms with Crippen molar-refractivity contribution in [2.75, 3.05) is 18.9 Å². The van der Waals surface area contributed by atoms with Crippen LogP contribution in [0.5, 0.6) is 5.75 Å². The first kappa shape index (κ1) is 16.8. The number of carbonyl (C=O) groups excluding carboxylic acids is 1. The van der Waals surface area contributed by atoms with Crippen molar-refractivity contribution in [3.63, 3.8) is 0 Å². The van der Waals surface area contributed by atoms with Gasteiger partial charge in [0, 0.05) is 18.8 Å². The first-order valence-electron chi connectivity index (χ1n) is 7.78. The molecular weight excluding hydrogens is 325 g/mol. The van der Waals surface area contributed by atoms with E-state index in [9.17, 15) is 9.18 Å². The Morgan fingerprint density at radius 2 is 2.24 bits per heavy atom. The van der Waals surface area contributed by atoms with E-state index in [1.807, 2.05) is 14.0 Å². The van der Waals surface area contributed by atoms with Gasteiger partial charge >= 0.3 is 0 Å². The summed E-state index contributed by atoms with van der Waals surface area (Å²) in [6, 6.07) is 5.92.